The highest BCUT2D eigenvalue weighted by molar-refractivity contribution is 5.85. The number of likely N-dealkylation sites (tertiary alicyclic amines) is 1. The summed E-state index contributed by atoms with van der Waals surface area (Å²) in [4.78, 5) is 23.0. The van der Waals surface area contributed by atoms with Gasteiger partial charge in [-0.05, 0) is 42.9 Å². The Morgan fingerprint density at radius 1 is 0.939 bits per heavy atom. The Balaban J connectivity index is 1.74. The molecule has 1 N–H and O–H groups in total. The highest BCUT2D eigenvalue weighted by Crippen LogP contribution is 2.40. The monoisotopic (exact) mass is 450 g/mol. The minimum absolute atomic E-state index is 0.109. The average molecular weight is 451 g/mol. The highest BCUT2D eigenvalue weighted by Gasteiger charge is 2.47. The molecule has 0 amide bonds. The van der Waals surface area contributed by atoms with Crippen LogP contribution in [0, 0.1) is 0 Å². The molecule has 1 atom stereocenters. The van der Waals surface area contributed by atoms with Crippen LogP contribution < -0.4 is 10.1 Å². The van der Waals surface area contributed by atoms with Gasteiger partial charge in [0.2, 0.25) is 0 Å². The summed E-state index contributed by atoms with van der Waals surface area (Å²) in [5.41, 5.74) is 2.16. The van der Waals surface area contributed by atoms with Gasteiger partial charge in [-0.2, -0.15) is 0 Å². The molecule has 0 bridgehead atoms. The van der Waals surface area contributed by atoms with Gasteiger partial charge in [-0.1, -0.05) is 45.4 Å². The molecule has 4 rings (SSSR count). The van der Waals surface area contributed by atoms with Crippen molar-refractivity contribution in [2.75, 3.05) is 39.3 Å². The second-order valence-electron chi connectivity index (χ2n) is 10.4. The summed E-state index contributed by atoms with van der Waals surface area (Å²) in [6.45, 7) is 13.9. The number of esters is 1. The van der Waals surface area contributed by atoms with Crippen molar-refractivity contribution in [1.29, 1.82) is 0 Å². The highest BCUT2D eigenvalue weighted by atomic mass is 16.5. The molecule has 178 valence electrons. The molecule has 2 fully saturated rings. The first-order chi connectivity index (χ1) is 15.8. The molecule has 1 aromatic carbocycles. The number of nitrogens with zero attached hydrogens (tertiary/aromatic N) is 3. The van der Waals surface area contributed by atoms with Crippen molar-refractivity contribution in [3.8, 4) is 16.9 Å². The van der Waals surface area contributed by atoms with E-state index >= 15 is 0 Å². The molecule has 0 radical (unpaired) electrons. The molecule has 0 aliphatic carbocycles. The van der Waals surface area contributed by atoms with Gasteiger partial charge < -0.3 is 10.1 Å². The number of rotatable bonds is 5. The standard InChI is InChI=1S/C27H38N4O2/c1-26(2,3)22-11-8-12-23(24(22)21-10-9-13-29-20-21)33-25(32)27(4,30-16-6-5-7-17-30)31-18-14-28-15-19-31/h8-13,20,28H,5-7,14-19H2,1-4H3. The van der Waals surface area contributed by atoms with Crippen LogP contribution in [0.2, 0.25) is 0 Å². The van der Waals surface area contributed by atoms with E-state index in [2.05, 4.69) is 53.9 Å². The summed E-state index contributed by atoms with van der Waals surface area (Å²) >= 11 is 0. The van der Waals surface area contributed by atoms with E-state index in [0.717, 1.165) is 68.8 Å². The Hall–Kier alpha value is -2.28. The van der Waals surface area contributed by atoms with Crippen molar-refractivity contribution in [2.45, 2.75) is 58.0 Å². The van der Waals surface area contributed by atoms with Gasteiger partial charge >= 0.3 is 5.97 Å². The molecular formula is C27H38N4O2. The molecule has 1 unspecified atom stereocenters. The van der Waals surface area contributed by atoms with Crippen LogP contribution in [-0.2, 0) is 10.2 Å². The van der Waals surface area contributed by atoms with Crippen LogP contribution in [0.25, 0.3) is 11.1 Å². The summed E-state index contributed by atoms with van der Waals surface area (Å²) in [6, 6.07) is 10.0. The van der Waals surface area contributed by atoms with Crippen LogP contribution >= 0.6 is 0 Å². The number of pyridine rings is 1. The summed E-state index contributed by atoms with van der Waals surface area (Å²) in [7, 11) is 0. The molecular weight excluding hydrogens is 412 g/mol. The van der Waals surface area contributed by atoms with Gasteiger partial charge in [-0.15, -0.1) is 0 Å². The molecule has 2 saturated heterocycles. The fourth-order valence-electron chi connectivity index (χ4n) is 5.13. The number of hydrogen-bond acceptors (Lipinski definition) is 6. The average Bonchev–Trinajstić information content (AvgIpc) is 2.84. The number of hydrogen-bond donors (Lipinski definition) is 1. The third-order valence-electron chi connectivity index (χ3n) is 7.08. The second kappa shape index (κ2) is 9.92. The van der Waals surface area contributed by atoms with Crippen molar-refractivity contribution in [2.24, 2.45) is 0 Å². The molecule has 3 heterocycles. The van der Waals surface area contributed by atoms with Crippen LogP contribution in [-0.4, -0.2) is 65.7 Å². The molecule has 1 aromatic heterocycles. The van der Waals surface area contributed by atoms with Crippen LogP contribution in [0.3, 0.4) is 0 Å². The van der Waals surface area contributed by atoms with Gasteiger partial charge in [0.1, 0.15) is 5.75 Å². The molecule has 2 aromatic rings. The summed E-state index contributed by atoms with van der Waals surface area (Å²) in [6.07, 6.45) is 7.08. The Morgan fingerprint density at radius 2 is 1.64 bits per heavy atom. The lowest BCUT2D eigenvalue weighted by atomic mass is 9.81. The van der Waals surface area contributed by atoms with E-state index in [9.17, 15) is 4.79 Å². The number of nitrogens with one attached hydrogen (secondary N) is 1. The summed E-state index contributed by atoms with van der Waals surface area (Å²) in [5, 5.41) is 3.41. The Kier molecular flexibility index (Phi) is 7.17. The number of benzene rings is 1. The van der Waals surface area contributed by atoms with E-state index in [1.807, 2.05) is 30.5 Å². The third kappa shape index (κ3) is 4.98. The molecule has 0 saturated carbocycles. The largest absolute Gasteiger partial charge is 0.423 e. The van der Waals surface area contributed by atoms with Gasteiger partial charge in [0, 0.05) is 62.8 Å². The normalized spacial score (nSPS) is 20.2. The zero-order valence-electron chi connectivity index (χ0n) is 20.6. The first kappa shape index (κ1) is 23.9. The predicted molar refractivity (Wildman–Crippen MR) is 132 cm³/mol. The quantitative estimate of drug-likeness (QED) is 0.548. The number of piperazine rings is 1. The maximum atomic E-state index is 14.0. The topological polar surface area (TPSA) is 57.7 Å². The molecule has 2 aliphatic rings. The van der Waals surface area contributed by atoms with Crippen LogP contribution in [0.1, 0.15) is 52.5 Å². The summed E-state index contributed by atoms with van der Waals surface area (Å²) < 4.78 is 6.34. The molecule has 0 spiro atoms. The van der Waals surface area contributed by atoms with Crippen LogP contribution in [0.4, 0.5) is 0 Å². The lowest BCUT2D eigenvalue weighted by Gasteiger charge is -2.49. The number of aromatic nitrogens is 1. The van der Waals surface area contributed by atoms with E-state index in [0.29, 0.717) is 5.75 Å². The van der Waals surface area contributed by atoms with Crippen LogP contribution in [0.15, 0.2) is 42.7 Å². The number of carbonyl (C=O) groups is 1. The minimum Gasteiger partial charge on any atom is -0.423 e. The third-order valence-corrected chi connectivity index (χ3v) is 7.08. The first-order valence-electron chi connectivity index (χ1n) is 12.3. The van der Waals surface area contributed by atoms with Crippen molar-refractivity contribution in [3.05, 3.63) is 48.3 Å². The number of ether oxygens (including phenoxy) is 1. The van der Waals surface area contributed by atoms with E-state index < -0.39 is 5.66 Å². The van der Waals surface area contributed by atoms with Gasteiger partial charge in [0.25, 0.3) is 0 Å². The van der Waals surface area contributed by atoms with Crippen molar-refractivity contribution in [3.63, 3.8) is 0 Å². The Bertz CT molecular complexity index is 924. The fraction of sp³-hybridized carbons (Fsp3) is 0.556. The number of piperidine rings is 1. The smallest absolute Gasteiger partial charge is 0.346 e. The van der Waals surface area contributed by atoms with E-state index in [-0.39, 0.29) is 11.4 Å². The predicted octanol–water partition coefficient (Wildman–Crippen LogP) is 4.06. The lowest BCUT2D eigenvalue weighted by Crippen LogP contribution is -2.68. The Morgan fingerprint density at radius 3 is 2.27 bits per heavy atom. The van der Waals surface area contributed by atoms with Crippen molar-refractivity contribution >= 4 is 5.97 Å². The van der Waals surface area contributed by atoms with Crippen LogP contribution in [0.5, 0.6) is 5.75 Å². The van der Waals surface area contributed by atoms with Gasteiger partial charge in [0.05, 0.1) is 0 Å². The maximum Gasteiger partial charge on any atom is 0.346 e. The molecule has 6 heteroatoms. The summed E-state index contributed by atoms with van der Waals surface area (Å²) in [5.74, 6) is 0.418. The second-order valence-corrected chi connectivity index (χ2v) is 10.4. The van der Waals surface area contributed by atoms with E-state index in [4.69, 9.17) is 4.74 Å². The molecule has 6 nitrogen and oxygen atoms in total. The van der Waals surface area contributed by atoms with Gasteiger partial charge in [0.15, 0.2) is 5.66 Å². The number of carbonyl (C=O) groups excluding carboxylic acids is 1. The van der Waals surface area contributed by atoms with E-state index in [1.54, 1.807) is 6.20 Å². The van der Waals surface area contributed by atoms with Crippen molar-refractivity contribution < 1.29 is 9.53 Å². The zero-order chi connectivity index (χ0) is 23.5. The van der Waals surface area contributed by atoms with Gasteiger partial charge in [-0.3, -0.25) is 14.8 Å². The Labute approximate surface area is 198 Å². The molecule has 33 heavy (non-hydrogen) atoms. The fourth-order valence-corrected chi connectivity index (χ4v) is 5.13. The SMILES string of the molecule is CC(C)(C)c1cccc(OC(=O)C(C)(N2CCCCC2)N2CCNCC2)c1-c1cccnc1. The minimum atomic E-state index is -0.785. The molecule has 2 aliphatic heterocycles. The maximum absolute atomic E-state index is 14.0. The van der Waals surface area contributed by atoms with E-state index in [1.165, 1.54) is 6.42 Å². The zero-order valence-corrected chi connectivity index (χ0v) is 20.6. The lowest BCUT2D eigenvalue weighted by molar-refractivity contribution is -0.165. The van der Waals surface area contributed by atoms with Gasteiger partial charge in [-0.25, -0.2) is 4.79 Å². The van der Waals surface area contributed by atoms with Crippen molar-refractivity contribution in [1.82, 2.24) is 20.1 Å². The first-order valence-corrected chi connectivity index (χ1v) is 12.3.